The Morgan fingerprint density at radius 2 is 1.57 bits per heavy atom. The molecule has 0 aliphatic carbocycles. The van der Waals surface area contributed by atoms with Gasteiger partial charge in [0, 0.05) is 24.8 Å². The van der Waals surface area contributed by atoms with Crippen LogP contribution in [0.25, 0.3) is 9.88 Å². The van der Waals surface area contributed by atoms with Crippen LogP contribution < -0.4 is 29.6 Å². The van der Waals surface area contributed by atoms with Crippen molar-refractivity contribution in [1.82, 2.24) is 9.88 Å². The number of amides is 1. The molecule has 2 heterocycles. The summed E-state index contributed by atoms with van der Waals surface area (Å²) < 4.78 is 33.5. The molecule has 2 aromatic carbocycles. The van der Waals surface area contributed by atoms with Crippen molar-refractivity contribution in [3.05, 3.63) is 99.9 Å². The minimum atomic E-state index is -4.38. The Bertz CT molecular complexity index is 1500. The van der Waals surface area contributed by atoms with Gasteiger partial charge < -0.3 is 14.2 Å². The van der Waals surface area contributed by atoms with Gasteiger partial charge in [-0.3, -0.25) is 4.79 Å². The largest absolute Gasteiger partial charge is 1.00 e. The van der Waals surface area contributed by atoms with Gasteiger partial charge in [-0.1, -0.05) is 60.7 Å². The number of likely N-dealkylation sites (N-methyl/N-ethyl adjacent to an activating group) is 1. The summed E-state index contributed by atoms with van der Waals surface area (Å²) in [6.45, 7) is 1.50. The van der Waals surface area contributed by atoms with Gasteiger partial charge in [0.1, 0.15) is 10.8 Å². The predicted molar refractivity (Wildman–Crippen MR) is 153 cm³/mol. The molecule has 4 rings (SSSR count). The number of hydrogen-bond donors (Lipinski definition) is 0. The minimum Gasteiger partial charge on any atom is -0.748 e. The van der Waals surface area contributed by atoms with Crippen LogP contribution in [-0.2, 0) is 38.3 Å². The Morgan fingerprint density at radius 1 is 0.925 bits per heavy atom. The van der Waals surface area contributed by atoms with Crippen LogP contribution in [0.5, 0.6) is 0 Å². The van der Waals surface area contributed by atoms with Gasteiger partial charge in [0.15, 0.2) is 0 Å². The second kappa shape index (κ2) is 14.6. The van der Waals surface area contributed by atoms with E-state index in [-0.39, 0.29) is 47.7 Å². The Labute approximate surface area is 265 Å². The van der Waals surface area contributed by atoms with E-state index in [9.17, 15) is 22.6 Å². The zero-order chi connectivity index (χ0) is 28.0. The number of hydrogen-bond acceptors (Lipinski definition) is 8. The summed E-state index contributed by atoms with van der Waals surface area (Å²) in [6.07, 6.45) is 1.02. The Hall–Kier alpha value is -2.18. The van der Waals surface area contributed by atoms with E-state index in [1.54, 1.807) is 47.5 Å². The smallest absolute Gasteiger partial charge is 0.748 e. The van der Waals surface area contributed by atoms with Crippen LogP contribution in [0.15, 0.2) is 77.5 Å². The number of carbonyl (C=O) groups excluding carboxylic acids is 2. The molecule has 204 valence electrons. The molecule has 4 aromatic rings. The monoisotopic (exact) mass is 604 g/mol. The van der Waals surface area contributed by atoms with Crippen LogP contribution in [0.3, 0.4) is 0 Å². The molecule has 0 spiro atoms. The summed E-state index contributed by atoms with van der Waals surface area (Å²) in [4.78, 5) is 33.6. The van der Waals surface area contributed by atoms with Crippen LogP contribution in [0.2, 0.25) is 0 Å². The molecule has 0 aliphatic rings. The van der Waals surface area contributed by atoms with Crippen LogP contribution in [0.4, 0.5) is 0 Å². The van der Waals surface area contributed by atoms with E-state index < -0.39 is 27.8 Å². The Morgan fingerprint density at radius 3 is 2.17 bits per heavy atom. The number of benzene rings is 2. The van der Waals surface area contributed by atoms with E-state index in [0.717, 1.165) is 26.7 Å². The number of carbonyl (C=O) groups is 2. The van der Waals surface area contributed by atoms with Crippen LogP contribution >= 0.6 is 22.7 Å². The van der Waals surface area contributed by atoms with Crippen molar-refractivity contribution in [3.8, 4) is 9.88 Å². The van der Waals surface area contributed by atoms with Gasteiger partial charge in [0.2, 0.25) is 5.91 Å². The molecular formula is C29H29N2NaO5S3. The standard InChI is InChI=1S/C29H30N2O5S3.Na/c1-20(32)15-24(16-21-7-4-3-5-8-21)29(33)31(2)26(25-18-38-28(30-25)27-9-6-14-37-27)17-22-10-12-23(13-11-22)19-39(34,35)36;/h3-14,18,24,26H,15-17,19H2,1-2H3,(H,34,35,36);/q;+1/p-1/t24-,26-;/m0./s1. The van der Waals surface area contributed by atoms with E-state index in [2.05, 4.69) is 0 Å². The van der Waals surface area contributed by atoms with Gasteiger partial charge in [-0.25, -0.2) is 13.4 Å². The summed E-state index contributed by atoms with van der Waals surface area (Å²) in [5.41, 5.74) is 3.00. The first-order valence-corrected chi connectivity index (χ1v) is 15.7. The second-order valence-electron chi connectivity index (χ2n) is 9.54. The fraction of sp³-hybridized carbons (Fsp3) is 0.276. The maximum atomic E-state index is 13.9. The quantitative estimate of drug-likeness (QED) is 0.182. The summed E-state index contributed by atoms with van der Waals surface area (Å²) in [6, 6.07) is 20.0. The fourth-order valence-electron chi connectivity index (χ4n) is 4.53. The average Bonchev–Trinajstić information content (AvgIpc) is 3.59. The zero-order valence-electron chi connectivity index (χ0n) is 22.6. The summed E-state index contributed by atoms with van der Waals surface area (Å²) in [5, 5.41) is 4.81. The first-order chi connectivity index (χ1) is 18.6. The predicted octanol–water partition coefficient (Wildman–Crippen LogP) is 2.50. The van der Waals surface area contributed by atoms with Crippen LogP contribution in [-0.4, -0.2) is 41.6 Å². The van der Waals surface area contributed by atoms with E-state index in [4.69, 9.17) is 4.98 Å². The first kappa shape index (κ1) is 32.3. The van der Waals surface area contributed by atoms with Crippen molar-refractivity contribution in [2.45, 2.75) is 38.0 Å². The van der Waals surface area contributed by atoms with E-state index >= 15 is 0 Å². The van der Waals surface area contributed by atoms with Gasteiger partial charge in [-0.15, -0.1) is 22.7 Å². The number of thiazole rings is 1. The molecule has 0 fully saturated rings. The molecule has 0 aliphatic heterocycles. The summed E-state index contributed by atoms with van der Waals surface area (Å²) >= 11 is 3.11. The van der Waals surface area contributed by atoms with Gasteiger partial charge in [-0.2, -0.15) is 0 Å². The molecule has 0 unspecified atom stereocenters. The molecule has 40 heavy (non-hydrogen) atoms. The third-order valence-corrected chi connectivity index (χ3v) is 9.00. The number of rotatable bonds is 12. The SMILES string of the molecule is CC(=O)C[C@@H](Cc1ccccc1)C(=O)N(C)[C@@H](Cc1ccc(CS(=O)(=O)[O-])cc1)c1csc(-c2cccs2)n1.[Na+]. The van der Waals surface area contributed by atoms with Crippen molar-refractivity contribution < 1.29 is 52.1 Å². The van der Waals surface area contributed by atoms with E-state index in [1.165, 1.54) is 18.3 Å². The second-order valence-corrected chi connectivity index (χ2v) is 12.7. The van der Waals surface area contributed by atoms with Gasteiger partial charge in [0.05, 0.1) is 32.5 Å². The molecule has 0 bridgehead atoms. The third kappa shape index (κ3) is 9.17. The molecule has 7 nitrogen and oxygen atoms in total. The number of ketones is 1. The Balaban J connectivity index is 0.00000441. The van der Waals surface area contributed by atoms with Crippen LogP contribution in [0.1, 0.15) is 41.8 Å². The van der Waals surface area contributed by atoms with Crippen molar-refractivity contribution in [2.24, 2.45) is 5.92 Å². The zero-order valence-corrected chi connectivity index (χ0v) is 27.1. The molecule has 0 saturated heterocycles. The Kier molecular flexibility index (Phi) is 11.8. The molecule has 0 radical (unpaired) electrons. The van der Waals surface area contributed by atoms with Gasteiger partial charge in [-0.05, 0) is 47.9 Å². The average molecular weight is 605 g/mol. The van der Waals surface area contributed by atoms with E-state index in [0.29, 0.717) is 18.4 Å². The summed E-state index contributed by atoms with van der Waals surface area (Å²) in [7, 11) is -2.64. The van der Waals surface area contributed by atoms with Crippen molar-refractivity contribution >= 4 is 44.5 Å². The van der Waals surface area contributed by atoms with Gasteiger partial charge in [0.25, 0.3) is 0 Å². The van der Waals surface area contributed by atoms with Crippen molar-refractivity contribution in [1.29, 1.82) is 0 Å². The first-order valence-electron chi connectivity index (χ1n) is 12.4. The van der Waals surface area contributed by atoms with E-state index in [1.807, 2.05) is 53.2 Å². The number of nitrogens with zero attached hydrogens (tertiary/aromatic N) is 2. The molecule has 1 amide bonds. The number of aromatic nitrogens is 1. The molecule has 0 saturated carbocycles. The number of Topliss-reactive ketones (excluding diaryl/α,β-unsaturated/α-hetero) is 1. The molecule has 11 heteroatoms. The normalized spacial score (nSPS) is 12.8. The summed E-state index contributed by atoms with van der Waals surface area (Å²) in [5.74, 6) is -1.28. The van der Waals surface area contributed by atoms with Crippen molar-refractivity contribution in [3.63, 3.8) is 0 Å². The molecule has 0 N–H and O–H groups in total. The minimum absolute atomic E-state index is 0. The maximum absolute atomic E-state index is 13.9. The molecule has 2 aromatic heterocycles. The molecule has 2 atom stereocenters. The van der Waals surface area contributed by atoms with Gasteiger partial charge >= 0.3 is 29.6 Å². The molecular weight excluding hydrogens is 576 g/mol. The fourth-order valence-corrected chi connectivity index (χ4v) is 6.81. The van der Waals surface area contributed by atoms with Crippen LogP contribution in [0, 0.1) is 5.92 Å². The number of thiophene rings is 1. The topological polar surface area (TPSA) is 107 Å². The third-order valence-electron chi connectivity index (χ3n) is 6.41. The van der Waals surface area contributed by atoms with Crippen molar-refractivity contribution in [2.75, 3.05) is 7.05 Å². The maximum Gasteiger partial charge on any atom is 1.00 e.